The summed E-state index contributed by atoms with van der Waals surface area (Å²) in [4.78, 5) is 16.2. The van der Waals surface area contributed by atoms with Gasteiger partial charge < -0.3 is 10.1 Å². The molecule has 0 aliphatic rings. The normalized spacial score (nSPS) is 12.5. The lowest BCUT2D eigenvalue weighted by molar-refractivity contribution is -0.117. The zero-order valence-corrected chi connectivity index (χ0v) is 14.9. The van der Waals surface area contributed by atoms with Crippen LogP contribution < -0.4 is 10.1 Å². The third-order valence-corrected chi connectivity index (χ3v) is 4.24. The maximum Gasteiger partial charge on any atom is 0.224 e. The minimum atomic E-state index is 0.0430. The number of carbonyl (C=O) groups is 1. The number of aromatic nitrogens is 1. The summed E-state index contributed by atoms with van der Waals surface area (Å²) in [5, 5.41) is 2.94. The number of nitrogens with zero attached hydrogens (tertiary/aromatic N) is 1. The molecule has 24 heavy (non-hydrogen) atoms. The molecule has 1 N–H and O–H groups in total. The first-order valence-corrected chi connectivity index (χ1v) is 8.26. The molecule has 2 aromatic rings. The van der Waals surface area contributed by atoms with E-state index in [9.17, 15) is 4.79 Å². The second-order valence-electron chi connectivity index (χ2n) is 7.19. The Labute approximate surface area is 144 Å². The van der Waals surface area contributed by atoms with Crippen molar-refractivity contribution in [3.05, 3.63) is 54.4 Å². The lowest BCUT2D eigenvalue weighted by atomic mass is 9.80. The van der Waals surface area contributed by atoms with Crippen LogP contribution in [0.4, 0.5) is 5.69 Å². The molecule has 1 aromatic heterocycles. The van der Waals surface area contributed by atoms with Crippen molar-refractivity contribution >= 4 is 11.6 Å². The summed E-state index contributed by atoms with van der Waals surface area (Å²) in [6, 6.07) is 11.3. The lowest BCUT2D eigenvalue weighted by Crippen LogP contribution is -2.23. The molecule has 1 unspecified atom stereocenters. The number of anilines is 1. The monoisotopic (exact) mass is 326 g/mol. The van der Waals surface area contributed by atoms with Gasteiger partial charge in [0.25, 0.3) is 0 Å². The molecule has 0 aliphatic heterocycles. The summed E-state index contributed by atoms with van der Waals surface area (Å²) in [7, 11) is 0. The number of amides is 1. The third kappa shape index (κ3) is 5.69. The van der Waals surface area contributed by atoms with Crippen molar-refractivity contribution in [3.63, 3.8) is 0 Å². The van der Waals surface area contributed by atoms with Gasteiger partial charge in [-0.1, -0.05) is 33.8 Å². The molecular formula is C20H26N2O2. The van der Waals surface area contributed by atoms with Crippen LogP contribution in [0.3, 0.4) is 0 Å². The highest BCUT2D eigenvalue weighted by Crippen LogP contribution is 2.28. The summed E-state index contributed by atoms with van der Waals surface area (Å²) in [5.74, 6) is 1.13. The molecule has 1 atom stereocenters. The topological polar surface area (TPSA) is 51.2 Å². The maximum atomic E-state index is 12.1. The molecule has 0 fully saturated rings. The maximum absolute atomic E-state index is 12.1. The van der Waals surface area contributed by atoms with E-state index in [-0.39, 0.29) is 11.3 Å². The number of ether oxygens (including phenoxy) is 1. The molecule has 128 valence electrons. The zero-order chi connectivity index (χ0) is 17.6. The van der Waals surface area contributed by atoms with Gasteiger partial charge in [0.05, 0.1) is 0 Å². The molecule has 0 saturated heterocycles. The van der Waals surface area contributed by atoms with Crippen molar-refractivity contribution < 1.29 is 9.53 Å². The average Bonchev–Trinajstić information content (AvgIpc) is 2.54. The smallest absolute Gasteiger partial charge is 0.224 e. The van der Waals surface area contributed by atoms with Crippen LogP contribution in [0.25, 0.3) is 0 Å². The Morgan fingerprint density at radius 1 is 1.21 bits per heavy atom. The van der Waals surface area contributed by atoms with Crippen molar-refractivity contribution in [1.29, 1.82) is 0 Å². The zero-order valence-electron chi connectivity index (χ0n) is 14.9. The van der Waals surface area contributed by atoms with Crippen LogP contribution in [0.5, 0.6) is 5.75 Å². The Hall–Kier alpha value is -2.36. The standard InChI is InChI=1S/C20H26N2O2/c1-15(20(2,3)4)12-19(23)22-17-7-9-18(10-8-17)24-14-16-6-5-11-21-13-16/h5-11,13,15H,12,14H2,1-4H3,(H,22,23). The number of rotatable bonds is 6. The summed E-state index contributed by atoms with van der Waals surface area (Å²) >= 11 is 0. The fraction of sp³-hybridized carbons (Fsp3) is 0.400. The van der Waals surface area contributed by atoms with Crippen molar-refractivity contribution in [2.24, 2.45) is 11.3 Å². The van der Waals surface area contributed by atoms with Gasteiger partial charge in [0, 0.05) is 30.1 Å². The van der Waals surface area contributed by atoms with Gasteiger partial charge in [0.2, 0.25) is 5.91 Å². The van der Waals surface area contributed by atoms with Gasteiger partial charge in [0.15, 0.2) is 0 Å². The lowest BCUT2D eigenvalue weighted by Gasteiger charge is -2.26. The Bertz CT molecular complexity index is 646. The minimum Gasteiger partial charge on any atom is -0.489 e. The number of carbonyl (C=O) groups excluding carboxylic acids is 1. The van der Waals surface area contributed by atoms with E-state index in [1.165, 1.54) is 0 Å². The molecule has 1 aromatic carbocycles. The van der Waals surface area contributed by atoms with Gasteiger partial charge in [-0.25, -0.2) is 0 Å². The van der Waals surface area contributed by atoms with Gasteiger partial charge >= 0.3 is 0 Å². The van der Waals surface area contributed by atoms with Crippen LogP contribution in [0, 0.1) is 11.3 Å². The Kier molecular flexibility index (Phi) is 5.96. The highest BCUT2D eigenvalue weighted by molar-refractivity contribution is 5.90. The highest BCUT2D eigenvalue weighted by Gasteiger charge is 2.22. The molecule has 0 spiro atoms. The number of pyridine rings is 1. The van der Waals surface area contributed by atoms with Crippen molar-refractivity contribution in [1.82, 2.24) is 4.98 Å². The van der Waals surface area contributed by atoms with E-state index in [0.717, 1.165) is 17.0 Å². The van der Waals surface area contributed by atoms with Crippen LogP contribution in [-0.4, -0.2) is 10.9 Å². The predicted octanol–water partition coefficient (Wildman–Crippen LogP) is 4.67. The van der Waals surface area contributed by atoms with Gasteiger partial charge in [-0.15, -0.1) is 0 Å². The van der Waals surface area contributed by atoms with E-state index in [4.69, 9.17) is 4.74 Å². The Morgan fingerprint density at radius 3 is 2.50 bits per heavy atom. The van der Waals surface area contributed by atoms with E-state index in [1.54, 1.807) is 12.4 Å². The second-order valence-corrected chi connectivity index (χ2v) is 7.19. The van der Waals surface area contributed by atoms with Gasteiger partial charge in [-0.3, -0.25) is 9.78 Å². The van der Waals surface area contributed by atoms with E-state index in [0.29, 0.717) is 18.9 Å². The predicted molar refractivity (Wildman–Crippen MR) is 96.9 cm³/mol. The van der Waals surface area contributed by atoms with Gasteiger partial charge in [-0.05, 0) is 41.7 Å². The largest absolute Gasteiger partial charge is 0.489 e. The van der Waals surface area contributed by atoms with Gasteiger partial charge in [0.1, 0.15) is 12.4 Å². The van der Waals surface area contributed by atoms with Crippen LogP contribution in [0.15, 0.2) is 48.8 Å². The fourth-order valence-corrected chi connectivity index (χ4v) is 2.08. The molecule has 4 nitrogen and oxygen atoms in total. The first-order valence-electron chi connectivity index (χ1n) is 8.26. The van der Waals surface area contributed by atoms with Crippen LogP contribution >= 0.6 is 0 Å². The molecule has 1 amide bonds. The summed E-state index contributed by atoms with van der Waals surface area (Å²) in [6.45, 7) is 9.04. The first-order chi connectivity index (χ1) is 11.3. The van der Waals surface area contributed by atoms with Crippen LogP contribution in [0.1, 0.15) is 39.7 Å². The van der Waals surface area contributed by atoms with E-state index >= 15 is 0 Å². The highest BCUT2D eigenvalue weighted by atomic mass is 16.5. The molecule has 1 heterocycles. The molecule has 0 saturated carbocycles. The Balaban J connectivity index is 1.84. The SMILES string of the molecule is CC(CC(=O)Nc1ccc(OCc2cccnc2)cc1)C(C)(C)C. The van der Waals surface area contributed by atoms with Crippen molar-refractivity contribution in [2.75, 3.05) is 5.32 Å². The van der Waals surface area contributed by atoms with E-state index in [1.807, 2.05) is 36.4 Å². The van der Waals surface area contributed by atoms with Crippen LogP contribution in [0.2, 0.25) is 0 Å². The number of hydrogen-bond donors (Lipinski definition) is 1. The minimum absolute atomic E-state index is 0.0430. The van der Waals surface area contributed by atoms with E-state index < -0.39 is 0 Å². The molecular weight excluding hydrogens is 300 g/mol. The number of hydrogen-bond acceptors (Lipinski definition) is 3. The second kappa shape index (κ2) is 7.95. The quantitative estimate of drug-likeness (QED) is 0.839. The van der Waals surface area contributed by atoms with Crippen molar-refractivity contribution in [2.45, 2.75) is 40.7 Å². The first kappa shape index (κ1) is 18.0. The molecule has 0 radical (unpaired) electrons. The fourth-order valence-electron chi connectivity index (χ4n) is 2.08. The third-order valence-electron chi connectivity index (χ3n) is 4.24. The molecule has 0 aliphatic carbocycles. The van der Waals surface area contributed by atoms with Crippen LogP contribution in [-0.2, 0) is 11.4 Å². The van der Waals surface area contributed by atoms with Gasteiger partial charge in [-0.2, -0.15) is 0 Å². The summed E-state index contributed by atoms with van der Waals surface area (Å²) in [6.07, 6.45) is 4.04. The summed E-state index contributed by atoms with van der Waals surface area (Å²) in [5.41, 5.74) is 1.93. The number of benzene rings is 1. The molecule has 0 bridgehead atoms. The summed E-state index contributed by atoms with van der Waals surface area (Å²) < 4.78 is 5.71. The average molecular weight is 326 g/mol. The molecule has 4 heteroatoms. The molecule has 2 rings (SSSR count). The van der Waals surface area contributed by atoms with E-state index in [2.05, 4.69) is 38.0 Å². The Morgan fingerprint density at radius 2 is 1.92 bits per heavy atom. The number of nitrogens with one attached hydrogen (secondary N) is 1. The van der Waals surface area contributed by atoms with Crippen molar-refractivity contribution in [3.8, 4) is 5.75 Å².